The van der Waals surface area contributed by atoms with Gasteiger partial charge in [-0.15, -0.1) is 5.10 Å². The number of H-pyrrole nitrogens is 1. The van der Waals surface area contributed by atoms with E-state index in [1.807, 2.05) is 18.7 Å². The van der Waals surface area contributed by atoms with E-state index in [2.05, 4.69) is 15.2 Å². The molecule has 1 fully saturated rings. The molecule has 1 aromatic rings. The average molecular weight is 266 g/mol. The van der Waals surface area contributed by atoms with Gasteiger partial charge in [-0.3, -0.25) is 9.89 Å². The van der Waals surface area contributed by atoms with Crippen LogP contribution in [0.5, 0.6) is 0 Å². The first kappa shape index (κ1) is 14.0. The number of aromatic nitrogens is 3. The topological polar surface area (TPSA) is 71.1 Å². The fraction of sp³-hybridized carbons (Fsp3) is 0.769. The molecule has 1 aliphatic rings. The van der Waals surface area contributed by atoms with Crippen LogP contribution in [-0.4, -0.2) is 52.8 Å². The first-order valence-electron chi connectivity index (χ1n) is 6.82. The summed E-state index contributed by atoms with van der Waals surface area (Å²) in [6.45, 7) is 6.26. The molecule has 1 unspecified atom stereocenters. The number of nitrogens with zero attached hydrogens (tertiary/aromatic N) is 3. The standard InChI is InChI=1S/C13H22N4O2/c1-9(2)11-14-12(16-15-11)13(18)17-6-4-5-10(7-17)8-19-3/h9-10H,4-8H2,1-3H3,(H,14,15,16). The van der Waals surface area contributed by atoms with Gasteiger partial charge in [-0.05, 0) is 18.8 Å². The minimum atomic E-state index is -0.0797. The zero-order chi connectivity index (χ0) is 13.8. The van der Waals surface area contributed by atoms with Gasteiger partial charge in [0.1, 0.15) is 5.82 Å². The summed E-state index contributed by atoms with van der Waals surface area (Å²) in [4.78, 5) is 18.4. The van der Waals surface area contributed by atoms with Crippen molar-refractivity contribution >= 4 is 5.91 Å². The second kappa shape index (κ2) is 6.14. The van der Waals surface area contributed by atoms with Crippen molar-refractivity contribution in [2.24, 2.45) is 5.92 Å². The van der Waals surface area contributed by atoms with Gasteiger partial charge in [-0.25, -0.2) is 4.98 Å². The molecule has 0 bridgehead atoms. The van der Waals surface area contributed by atoms with Crippen LogP contribution in [0, 0.1) is 5.92 Å². The van der Waals surface area contributed by atoms with Crippen molar-refractivity contribution in [2.45, 2.75) is 32.6 Å². The van der Waals surface area contributed by atoms with Gasteiger partial charge in [0.15, 0.2) is 0 Å². The molecule has 1 amide bonds. The van der Waals surface area contributed by atoms with Crippen molar-refractivity contribution in [3.8, 4) is 0 Å². The predicted molar refractivity (Wildman–Crippen MR) is 71.0 cm³/mol. The summed E-state index contributed by atoms with van der Waals surface area (Å²) >= 11 is 0. The number of hydrogen-bond donors (Lipinski definition) is 1. The molecule has 1 atom stereocenters. The van der Waals surface area contributed by atoms with Crippen molar-refractivity contribution in [3.05, 3.63) is 11.6 Å². The van der Waals surface area contributed by atoms with E-state index < -0.39 is 0 Å². The van der Waals surface area contributed by atoms with Crippen LogP contribution in [0.3, 0.4) is 0 Å². The second-order valence-electron chi connectivity index (χ2n) is 5.41. The molecule has 1 N–H and O–H groups in total. The van der Waals surface area contributed by atoms with Crippen molar-refractivity contribution < 1.29 is 9.53 Å². The van der Waals surface area contributed by atoms with E-state index in [1.54, 1.807) is 7.11 Å². The number of methoxy groups -OCH3 is 1. The van der Waals surface area contributed by atoms with E-state index in [0.29, 0.717) is 12.5 Å². The highest BCUT2D eigenvalue weighted by atomic mass is 16.5. The van der Waals surface area contributed by atoms with Crippen molar-refractivity contribution in [2.75, 3.05) is 26.8 Å². The normalized spacial score (nSPS) is 20.0. The highest BCUT2D eigenvalue weighted by Gasteiger charge is 2.26. The molecule has 19 heavy (non-hydrogen) atoms. The first-order valence-corrected chi connectivity index (χ1v) is 6.82. The Bertz CT molecular complexity index is 428. The molecule has 1 saturated heterocycles. The van der Waals surface area contributed by atoms with E-state index in [4.69, 9.17) is 4.74 Å². The van der Waals surface area contributed by atoms with Crippen LogP contribution < -0.4 is 0 Å². The molecule has 0 spiro atoms. The minimum Gasteiger partial charge on any atom is -0.384 e. The van der Waals surface area contributed by atoms with Crippen molar-refractivity contribution in [3.63, 3.8) is 0 Å². The zero-order valence-electron chi connectivity index (χ0n) is 11.8. The number of carbonyl (C=O) groups excluding carboxylic acids is 1. The fourth-order valence-electron chi connectivity index (χ4n) is 2.39. The lowest BCUT2D eigenvalue weighted by atomic mass is 9.99. The number of likely N-dealkylation sites (tertiary alicyclic amines) is 1. The van der Waals surface area contributed by atoms with Crippen LogP contribution in [0.15, 0.2) is 0 Å². The number of ether oxygens (including phenoxy) is 1. The number of aromatic amines is 1. The number of nitrogens with one attached hydrogen (secondary N) is 1. The quantitative estimate of drug-likeness (QED) is 0.895. The monoisotopic (exact) mass is 266 g/mol. The number of rotatable bonds is 4. The Hall–Kier alpha value is -1.43. The summed E-state index contributed by atoms with van der Waals surface area (Å²) in [6, 6.07) is 0. The lowest BCUT2D eigenvalue weighted by molar-refractivity contribution is 0.0560. The molecule has 6 heteroatoms. The summed E-state index contributed by atoms with van der Waals surface area (Å²) in [6.07, 6.45) is 2.13. The maximum atomic E-state index is 12.3. The molecular weight excluding hydrogens is 244 g/mol. The SMILES string of the molecule is COCC1CCCN(C(=O)c2n[nH]c(C(C)C)n2)C1. The molecular formula is C13H22N4O2. The van der Waals surface area contributed by atoms with Gasteiger partial charge in [0.25, 0.3) is 5.91 Å². The van der Waals surface area contributed by atoms with E-state index in [0.717, 1.165) is 31.8 Å². The van der Waals surface area contributed by atoms with Crippen LogP contribution in [-0.2, 0) is 4.74 Å². The highest BCUT2D eigenvalue weighted by molar-refractivity contribution is 5.90. The van der Waals surface area contributed by atoms with Crippen LogP contribution in [0.1, 0.15) is 49.1 Å². The Balaban J connectivity index is 2.01. The minimum absolute atomic E-state index is 0.0797. The maximum absolute atomic E-state index is 12.3. The maximum Gasteiger partial charge on any atom is 0.293 e. The molecule has 0 aliphatic carbocycles. The van der Waals surface area contributed by atoms with E-state index >= 15 is 0 Å². The van der Waals surface area contributed by atoms with Crippen molar-refractivity contribution in [1.29, 1.82) is 0 Å². The third-order valence-electron chi connectivity index (χ3n) is 3.45. The largest absolute Gasteiger partial charge is 0.384 e. The van der Waals surface area contributed by atoms with Crippen LogP contribution >= 0.6 is 0 Å². The molecule has 6 nitrogen and oxygen atoms in total. The third-order valence-corrected chi connectivity index (χ3v) is 3.45. The number of piperidine rings is 1. The Labute approximate surface area is 113 Å². The van der Waals surface area contributed by atoms with E-state index in [-0.39, 0.29) is 17.6 Å². The molecule has 0 saturated carbocycles. The van der Waals surface area contributed by atoms with Gasteiger partial charge in [0.2, 0.25) is 5.82 Å². The Morgan fingerprint density at radius 3 is 3.00 bits per heavy atom. The molecule has 1 aromatic heterocycles. The zero-order valence-corrected chi connectivity index (χ0v) is 11.8. The Morgan fingerprint density at radius 1 is 1.58 bits per heavy atom. The van der Waals surface area contributed by atoms with Gasteiger partial charge in [0.05, 0.1) is 6.61 Å². The van der Waals surface area contributed by atoms with Gasteiger partial charge >= 0.3 is 0 Å². The first-order chi connectivity index (χ1) is 9.11. The Kier molecular flexibility index (Phi) is 4.52. The van der Waals surface area contributed by atoms with Gasteiger partial charge in [0, 0.05) is 26.1 Å². The summed E-state index contributed by atoms with van der Waals surface area (Å²) in [5.74, 6) is 1.63. The van der Waals surface area contributed by atoms with Gasteiger partial charge < -0.3 is 9.64 Å². The second-order valence-corrected chi connectivity index (χ2v) is 5.41. The molecule has 2 heterocycles. The lowest BCUT2D eigenvalue weighted by Crippen LogP contribution is -2.41. The van der Waals surface area contributed by atoms with Crippen molar-refractivity contribution in [1.82, 2.24) is 20.1 Å². The van der Waals surface area contributed by atoms with Crippen LogP contribution in [0.2, 0.25) is 0 Å². The van der Waals surface area contributed by atoms with Gasteiger partial charge in [-0.2, -0.15) is 0 Å². The summed E-state index contributed by atoms with van der Waals surface area (Å²) in [5.41, 5.74) is 0. The molecule has 2 rings (SSSR count). The Morgan fingerprint density at radius 2 is 2.37 bits per heavy atom. The number of amides is 1. The number of hydrogen-bond acceptors (Lipinski definition) is 4. The van der Waals surface area contributed by atoms with Crippen LogP contribution in [0.25, 0.3) is 0 Å². The fourth-order valence-corrected chi connectivity index (χ4v) is 2.39. The number of carbonyl (C=O) groups is 1. The van der Waals surface area contributed by atoms with E-state index in [1.165, 1.54) is 0 Å². The molecule has 0 aromatic carbocycles. The summed E-state index contributed by atoms with van der Waals surface area (Å²) < 4.78 is 5.18. The lowest BCUT2D eigenvalue weighted by Gasteiger charge is -2.31. The summed E-state index contributed by atoms with van der Waals surface area (Å²) in [5, 5.41) is 6.85. The summed E-state index contributed by atoms with van der Waals surface area (Å²) in [7, 11) is 1.70. The predicted octanol–water partition coefficient (Wildman–Crippen LogP) is 1.43. The third kappa shape index (κ3) is 3.32. The van der Waals surface area contributed by atoms with Crippen LogP contribution in [0.4, 0.5) is 0 Å². The highest BCUT2D eigenvalue weighted by Crippen LogP contribution is 2.18. The smallest absolute Gasteiger partial charge is 0.293 e. The molecule has 0 radical (unpaired) electrons. The molecule has 1 aliphatic heterocycles. The van der Waals surface area contributed by atoms with Gasteiger partial charge in [-0.1, -0.05) is 13.8 Å². The molecule has 106 valence electrons. The van der Waals surface area contributed by atoms with E-state index in [9.17, 15) is 4.79 Å². The average Bonchev–Trinajstić information content (AvgIpc) is 2.88.